The lowest BCUT2D eigenvalue weighted by molar-refractivity contribution is 0.101. The second-order valence-corrected chi connectivity index (χ2v) is 2.42. The van der Waals surface area contributed by atoms with Crippen molar-refractivity contribution in [3.63, 3.8) is 0 Å². The van der Waals surface area contributed by atoms with Gasteiger partial charge in [-0.25, -0.2) is 0 Å². The van der Waals surface area contributed by atoms with E-state index in [2.05, 4.69) is 4.98 Å². The van der Waals surface area contributed by atoms with Crippen molar-refractivity contribution in [1.29, 1.82) is 0 Å². The van der Waals surface area contributed by atoms with Gasteiger partial charge < -0.3 is 0 Å². The number of aromatic nitrogens is 1. The predicted molar refractivity (Wildman–Crippen MR) is 44.1 cm³/mol. The first-order chi connectivity index (χ1) is 5.24. The molecule has 1 aromatic heterocycles. The summed E-state index contributed by atoms with van der Waals surface area (Å²) in [5.41, 5.74) is 0.319. The van der Waals surface area contributed by atoms with Crippen LogP contribution in [0.25, 0.3) is 0 Å². The highest BCUT2D eigenvalue weighted by atomic mass is 35.5. The van der Waals surface area contributed by atoms with E-state index in [1.54, 1.807) is 6.07 Å². The summed E-state index contributed by atoms with van der Waals surface area (Å²) in [6.45, 7) is 0. The molecule has 1 rings (SSSR count). The first-order valence-electron chi connectivity index (χ1n) is 3.09. The average Bonchev–Trinajstić information content (AvgIpc) is 2.03. The normalized spacial score (nSPS) is 9.55. The van der Waals surface area contributed by atoms with Crippen LogP contribution < -0.4 is 0 Å². The molecule has 1 aromatic rings. The number of Topliss-reactive ketones (excluding diaryl/α,β-unsaturated/α-hetero) is 1. The van der Waals surface area contributed by atoms with Gasteiger partial charge in [-0.1, -0.05) is 11.6 Å². The quantitative estimate of drug-likeness (QED) is 0.491. The molecule has 0 amide bonds. The van der Waals surface area contributed by atoms with E-state index in [0.29, 0.717) is 10.7 Å². The number of carbonyl (C=O) groups excluding carboxylic acids is 1. The summed E-state index contributed by atoms with van der Waals surface area (Å²) in [7, 11) is 5.12. The molecule has 54 valence electrons. The van der Waals surface area contributed by atoms with Crippen LogP contribution in [0.5, 0.6) is 0 Å². The summed E-state index contributed by atoms with van der Waals surface area (Å²) in [5.74, 6) is -0.201. The summed E-state index contributed by atoms with van der Waals surface area (Å²) < 4.78 is 0. The molecule has 0 saturated heterocycles. The van der Waals surface area contributed by atoms with Crippen LogP contribution in [0, 0.1) is 0 Å². The number of rotatable bonds is 2. The maximum absolute atomic E-state index is 10.9. The molecule has 0 bridgehead atoms. The van der Waals surface area contributed by atoms with Gasteiger partial charge in [-0.15, -0.1) is 0 Å². The molecule has 0 N–H and O–H groups in total. The number of pyridine rings is 1. The van der Waals surface area contributed by atoms with Gasteiger partial charge in [0.2, 0.25) is 0 Å². The standard InChI is InChI=1S/C7H5BClNO/c8-4-7(11)6-3-5(9)1-2-10-6/h1-3H,4H2. The molecule has 0 aliphatic carbocycles. The Balaban J connectivity index is 2.96. The molecule has 0 fully saturated rings. The van der Waals surface area contributed by atoms with Crippen LogP contribution >= 0.6 is 11.6 Å². The van der Waals surface area contributed by atoms with Gasteiger partial charge in [0.25, 0.3) is 0 Å². The molecule has 0 aliphatic rings. The average molecular weight is 165 g/mol. The number of nitrogens with zero attached hydrogens (tertiary/aromatic N) is 1. The molecule has 0 atom stereocenters. The van der Waals surface area contributed by atoms with Gasteiger partial charge >= 0.3 is 0 Å². The minimum atomic E-state index is -0.201. The molecular weight excluding hydrogens is 160 g/mol. The topological polar surface area (TPSA) is 30.0 Å². The molecule has 4 heteroatoms. The zero-order valence-corrected chi connectivity index (χ0v) is 6.51. The summed E-state index contributed by atoms with van der Waals surface area (Å²) >= 11 is 5.61. The van der Waals surface area contributed by atoms with E-state index in [1.807, 2.05) is 0 Å². The lowest BCUT2D eigenvalue weighted by Gasteiger charge is -1.95. The second kappa shape index (κ2) is 3.53. The molecule has 2 radical (unpaired) electrons. The number of carbonyl (C=O) groups is 1. The van der Waals surface area contributed by atoms with E-state index in [4.69, 9.17) is 19.4 Å². The molecule has 0 unspecified atom stereocenters. The molecule has 0 spiro atoms. The van der Waals surface area contributed by atoms with Gasteiger partial charge in [0.05, 0.1) is 7.85 Å². The SMILES string of the molecule is [B]CC(=O)c1cc(Cl)ccn1. The maximum Gasteiger partial charge on any atom is 0.172 e. The molecular formula is C7H5BClNO. The van der Waals surface area contributed by atoms with E-state index in [9.17, 15) is 4.79 Å². The van der Waals surface area contributed by atoms with E-state index in [0.717, 1.165) is 0 Å². The van der Waals surface area contributed by atoms with Crippen molar-refractivity contribution in [1.82, 2.24) is 4.98 Å². The molecule has 0 aromatic carbocycles. The third-order valence-corrected chi connectivity index (χ3v) is 1.43. The van der Waals surface area contributed by atoms with Crippen molar-refractivity contribution >= 4 is 25.2 Å². The van der Waals surface area contributed by atoms with Gasteiger partial charge in [0.1, 0.15) is 5.69 Å². The number of halogens is 1. The van der Waals surface area contributed by atoms with Gasteiger partial charge in [-0.2, -0.15) is 0 Å². The molecule has 11 heavy (non-hydrogen) atoms. The zero-order chi connectivity index (χ0) is 8.27. The van der Waals surface area contributed by atoms with Crippen LogP contribution in [0.2, 0.25) is 11.3 Å². The summed E-state index contributed by atoms with van der Waals surface area (Å²) in [5, 5.41) is 0.497. The van der Waals surface area contributed by atoms with Crippen LogP contribution in [0.15, 0.2) is 18.3 Å². The Kier molecular flexibility index (Phi) is 2.66. The van der Waals surface area contributed by atoms with E-state index in [1.165, 1.54) is 12.3 Å². The van der Waals surface area contributed by atoms with Gasteiger partial charge in [0.15, 0.2) is 5.78 Å². The summed E-state index contributed by atoms with van der Waals surface area (Å²) in [6, 6.07) is 3.10. The van der Waals surface area contributed by atoms with Crippen molar-refractivity contribution in [2.24, 2.45) is 0 Å². The maximum atomic E-state index is 10.9. The minimum Gasteiger partial charge on any atom is -0.293 e. The zero-order valence-electron chi connectivity index (χ0n) is 5.75. The van der Waals surface area contributed by atoms with Gasteiger partial charge in [0, 0.05) is 11.2 Å². The van der Waals surface area contributed by atoms with Crippen LogP contribution in [-0.2, 0) is 0 Å². The van der Waals surface area contributed by atoms with Crippen LogP contribution in [0.1, 0.15) is 10.5 Å². The smallest absolute Gasteiger partial charge is 0.172 e. The van der Waals surface area contributed by atoms with Crippen molar-refractivity contribution in [2.75, 3.05) is 0 Å². The molecule has 2 nitrogen and oxygen atoms in total. The van der Waals surface area contributed by atoms with Gasteiger partial charge in [-0.3, -0.25) is 9.78 Å². The van der Waals surface area contributed by atoms with Crippen LogP contribution in [0.4, 0.5) is 0 Å². The van der Waals surface area contributed by atoms with E-state index >= 15 is 0 Å². The Labute approximate surface area is 71.0 Å². The van der Waals surface area contributed by atoms with E-state index in [-0.39, 0.29) is 12.1 Å². The lowest BCUT2D eigenvalue weighted by atomic mass is 9.99. The Morgan fingerprint density at radius 1 is 1.73 bits per heavy atom. The first kappa shape index (κ1) is 8.27. The molecule has 0 aliphatic heterocycles. The van der Waals surface area contributed by atoms with Crippen molar-refractivity contribution in [3.8, 4) is 0 Å². The second-order valence-electron chi connectivity index (χ2n) is 1.99. The number of hydrogen-bond acceptors (Lipinski definition) is 2. The van der Waals surface area contributed by atoms with Crippen molar-refractivity contribution in [2.45, 2.75) is 6.32 Å². The third-order valence-electron chi connectivity index (χ3n) is 1.19. The van der Waals surface area contributed by atoms with Crippen LogP contribution in [0.3, 0.4) is 0 Å². The minimum absolute atomic E-state index is 0.0344. The summed E-state index contributed by atoms with van der Waals surface area (Å²) in [6.07, 6.45) is 1.44. The van der Waals surface area contributed by atoms with Gasteiger partial charge in [-0.05, 0) is 18.5 Å². The highest BCUT2D eigenvalue weighted by Gasteiger charge is 2.03. The Bertz CT molecular complexity index is 277. The first-order valence-corrected chi connectivity index (χ1v) is 3.46. The third kappa shape index (κ3) is 2.05. The monoisotopic (exact) mass is 165 g/mol. The van der Waals surface area contributed by atoms with Crippen LogP contribution in [-0.4, -0.2) is 18.6 Å². The highest BCUT2D eigenvalue weighted by molar-refractivity contribution is 6.31. The fraction of sp³-hybridized carbons (Fsp3) is 0.143. The number of hydrogen-bond donors (Lipinski definition) is 0. The molecule has 1 heterocycles. The lowest BCUT2D eigenvalue weighted by Crippen LogP contribution is -1.99. The Morgan fingerprint density at radius 3 is 3.00 bits per heavy atom. The van der Waals surface area contributed by atoms with Crippen molar-refractivity contribution in [3.05, 3.63) is 29.0 Å². The summed E-state index contributed by atoms with van der Waals surface area (Å²) in [4.78, 5) is 14.7. The van der Waals surface area contributed by atoms with E-state index < -0.39 is 0 Å². The Morgan fingerprint density at radius 2 is 2.45 bits per heavy atom. The number of ketones is 1. The predicted octanol–water partition coefficient (Wildman–Crippen LogP) is 1.50. The molecule has 0 saturated carbocycles. The van der Waals surface area contributed by atoms with Crippen molar-refractivity contribution < 1.29 is 4.79 Å². The fourth-order valence-corrected chi connectivity index (χ4v) is 0.822. The largest absolute Gasteiger partial charge is 0.293 e. The Hall–Kier alpha value is -0.825. The highest BCUT2D eigenvalue weighted by Crippen LogP contribution is 2.08. The fourth-order valence-electron chi connectivity index (χ4n) is 0.662.